The molecule has 2 aliphatic heterocycles. The molecule has 0 aromatic heterocycles. The monoisotopic (exact) mass is 284 g/mol. The number of hydrogen-bond acceptors (Lipinski definition) is 4. The number of ether oxygens (including phenoxy) is 1. The molecule has 5 heteroatoms. The molecule has 1 N–H and O–H groups in total. The largest absolute Gasteiger partial charge is 0.481 e. The fourth-order valence-corrected chi connectivity index (χ4v) is 3.35. The Hall–Kier alpha value is -0.650. The van der Waals surface area contributed by atoms with E-state index in [-0.39, 0.29) is 6.10 Å². The number of carboxylic acid groups (broad SMARTS) is 1. The summed E-state index contributed by atoms with van der Waals surface area (Å²) in [6, 6.07) is 0. The van der Waals surface area contributed by atoms with Crippen LogP contribution in [0.15, 0.2) is 0 Å². The first kappa shape index (κ1) is 15.7. The quantitative estimate of drug-likeness (QED) is 0.824. The van der Waals surface area contributed by atoms with E-state index in [1.54, 1.807) is 0 Å². The Morgan fingerprint density at radius 2 is 1.95 bits per heavy atom. The summed E-state index contributed by atoms with van der Waals surface area (Å²) in [6.07, 6.45) is 2.55. The van der Waals surface area contributed by atoms with Crippen molar-refractivity contribution in [2.75, 3.05) is 45.9 Å². The van der Waals surface area contributed by atoms with Crippen LogP contribution in [0, 0.1) is 5.41 Å². The molecule has 2 heterocycles. The number of likely N-dealkylation sites (tertiary alicyclic amines) is 1. The summed E-state index contributed by atoms with van der Waals surface area (Å²) in [4.78, 5) is 16.2. The van der Waals surface area contributed by atoms with Gasteiger partial charge in [-0.05, 0) is 38.9 Å². The van der Waals surface area contributed by atoms with Crippen molar-refractivity contribution in [3.63, 3.8) is 0 Å². The van der Waals surface area contributed by atoms with Gasteiger partial charge in [-0.3, -0.25) is 9.69 Å². The van der Waals surface area contributed by atoms with Crippen LogP contribution in [0.1, 0.15) is 33.1 Å². The lowest BCUT2D eigenvalue weighted by atomic mass is 9.76. The van der Waals surface area contributed by atoms with Gasteiger partial charge in [0.25, 0.3) is 0 Å². The minimum Gasteiger partial charge on any atom is -0.481 e. The number of piperidine rings is 1. The molecule has 20 heavy (non-hydrogen) atoms. The Labute approximate surface area is 121 Å². The highest BCUT2D eigenvalue weighted by atomic mass is 16.5. The molecule has 0 saturated carbocycles. The van der Waals surface area contributed by atoms with Gasteiger partial charge in [-0.2, -0.15) is 0 Å². The van der Waals surface area contributed by atoms with E-state index in [2.05, 4.69) is 16.7 Å². The van der Waals surface area contributed by atoms with Gasteiger partial charge in [-0.1, -0.05) is 13.8 Å². The second kappa shape index (κ2) is 6.87. The molecule has 0 aliphatic carbocycles. The van der Waals surface area contributed by atoms with E-state index in [4.69, 9.17) is 4.74 Å². The van der Waals surface area contributed by atoms with E-state index >= 15 is 0 Å². The van der Waals surface area contributed by atoms with Gasteiger partial charge in [0.1, 0.15) is 0 Å². The average Bonchev–Trinajstić information content (AvgIpc) is 2.48. The molecule has 1 unspecified atom stereocenters. The predicted molar refractivity (Wildman–Crippen MR) is 77.9 cm³/mol. The number of carboxylic acids is 1. The van der Waals surface area contributed by atoms with Gasteiger partial charge >= 0.3 is 5.97 Å². The van der Waals surface area contributed by atoms with E-state index < -0.39 is 11.4 Å². The second-order valence-electron chi connectivity index (χ2n) is 6.13. The normalized spacial score (nSPS) is 28.4. The van der Waals surface area contributed by atoms with Gasteiger partial charge in [-0.25, -0.2) is 0 Å². The van der Waals surface area contributed by atoms with Crippen molar-refractivity contribution in [3.05, 3.63) is 0 Å². The van der Waals surface area contributed by atoms with Crippen LogP contribution >= 0.6 is 0 Å². The first-order chi connectivity index (χ1) is 9.59. The van der Waals surface area contributed by atoms with Crippen LogP contribution in [0.4, 0.5) is 0 Å². The van der Waals surface area contributed by atoms with Gasteiger partial charge in [0.05, 0.1) is 18.1 Å². The lowest BCUT2D eigenvalue weighted by molar-refractivity contribution is -0.152. The van der Waals surface area contributed by atoms with Crippen molar-refractivity contribution in [2.45, 2.75) is 39.2 Å². The molecule has 0 aromatic rings. The lowest BCUT2D eigenvalue weighted by Gasteiger charge is -2.41. The molecular formula is C15H28N2O3. The molecule has 2 rings (SSSR count). The summed E-state index contributed by atoms with van der Waals surface area (Å²) >= 11 is 0. The first-order valence-corrected chi connectivity index (χ1v) is 7.89. The fourth-order valence-electron chi connectivity index (χ4n) is 3.35. The number of nitrogens with zero attached hydrogens (tertiary/aromatic N) is 2. The number of aliphatic carboxylic acids is 1. The lowest BCUT2D eigenvalue weighted by Crippen LogP contribution is -2.51. The van der Waals surface area contributed by atoms with Crippen LogP contribution in [0.25, 0.3) is 0 Å². The van der Waals surface area contributed by atoms with Crippen LogP contribution in [-0.4, -0.2) is 72.9 Å². The molecule has 0 radical (unpaired) electrons. The van der Waals surface area contributed by atoms with Crippen LogP contribution in [0.2, 0.25) is 0 Å². The van der Waals surface area contributed by atoms with E-state index in [1.165, 1.54) is 0 Å². The van der Waals surface area contributed by atoms with E-state index in [9.17, 15) is 9.90 Å². The van der Waals surface area contributed by atoms with Crippen LogP contribution < -0.4 is 0 Å². The minimum absolute atomic E-state index is 0.280. The first-order valence-electron chi connectivity index (χ1n) is 7.89. The number of carbonyl (C=O) groups is 1. The third kappa shape index (κ3) is 3.51. The third-order valence-electron chi connectivity index (χ3n) is 5.08. The highest BCUT2D eigenvalue weighted by Gasteiger charge is 2.40. The maximum Gasteiger partial charge on any atom is 0.309 e. The molecular weight excluding hydrogens is 256 g/mol. The van der Waals surface area contributed by atoms with Gasteiger partial charge in [0.15, 0.2) is 0 Å². The Morgan fingerprint density at radius 1 is 1.25 bits per heavy atom. The maximum atomic E-state index is 11.4. The molecule has 2 aliphatic rings. The number of morpholine rings is 1. The van der Waals surface area contributed by atoms with E-state index in [1.807, 2.05) is 6.92 Å². The number of likely N-dealkylation sites (N-methyl/N-ethyl adjacent to an activating group) is 1. The van der Waals surface area contributed by atoms with Crippen molar-refractivity contribution in [1.29, 1.82) is 0 Å². The van der Waals surface area contributed by atoms with Gasteiger partial charge < -0.3 is 14.7 Å². The van der Waals surface area contributed by atoms with Gasteiger partial charge in [0.2, 0.25) is 0 Å². The molecule has 0 amide bonds. The second-order valence-corrected chi connectivity index (χ2v) is 6.13. The Morgan fingerprint density at radius 3 is 2.50 bits per heavy atom. The number of hydrogen-bond donors (Lipinski definition) is 1. The standard InChI is InChI=1S/C15H28N2O3/c1-3-15(14(18)19)5-7-17(8-6-15)12-13-11-16(4-2)9-10-20-13/h13H,3-12H2,1-2H3,(H,18,19). The molecule has 2 fully saturated rings. The molecule has 116 valence electrons. The summed E-state index contributed by atoms with van der Waals surface area (Å²) in [5, 5.41) is 9.41. The van der Waals surface area contributed by atoms with Gasteiger partial charge in [0, 0.05) is 19.6 Å². The van der Waals surface area contributed by atoms with Crippen LogP contribution in [-0.2, 0) is 9.53 Å². The molecule has 0 spiro atoms. The van der Waals surface area contributed by atoms with Crippen molar-refractivity contribution in [3.8, 4) is 0 Å². The topological polar surface area (TPSA) is 53.0 Å². The van der Waals surface area contributed by atoms with E-state index in [0.717, 1.165) is 65.1 Å². The average molecular weight is 284 g/mol. The minimum atomic E-state index is -0.620. The summed E-state index contributed by atoms with van der Waals surface area (Å²) in [7, 11) is 0. The Balaban J connectivity index is 1.81. The number of rotatable bonds is 5. The third-order valence-corrected chi connectivity index (χ3v) is 5.08. The summed E-state index contributed by atoms with van der Waals surface area (Å²) in [5.41, 5.74) is -0.487. The summed E-state index contributed by atoms with van der Waals surface area (Å²) in [6.45, 7) is 10.8. The van der Waals surface area contributed by atoms with Crippen molar-refractivity contribution in [2.24, 2.45) is 5.41 Å². The van der Waals surface area contributed by atoms with Gasteiger partial charge in [-0.15, -0.1) is 0 Å². The van der Waals surface area contributed by atoms with Crippen molar-refractivity contribution < 1.29 is 14.6 Å². The zero-order chi connectivity index (χ0) is 14.6. The molecule has 5 nitrogen and oxygen atoms in total. The summed E-state index contributed by atoms with van der Waals surface area (Å²) in [5.74, 6) is -0.620. The highest BCUT2D eigenvalue weighted by Crippen LogP contribution is 2.35. The maximum absolute atomic E-state index is 11.4. The molecule has 2 saturated heterocycles. The SMILES string of the molecule is CCN1CCOC(CN2CCC(CC)(C(=O)O)CC2)C1. The zero-order valence-corrected chi connectivity index (χ0v) is 12.8. The van der Waals surface area contributed by atoms with Crippen LogP contribution in [0.5, 0.6) is 0 Å². The highest BCUT2D eigenvalue weighted by molar-refractivity contribution is 5.74. The van der Waals surface area contributed by atoms with E-state index in [0.29, 0.717) is 0 Å². The smallest absolute Gasteiger partial charge is 0.309 e. The molecule has 0 aromatic carbocycles. The van der Waals surface area contributed by atoms with Crippen molar-refractivity contribution >= 4 is 5.97 Å². The fraction of sp³-hybridized carbons (Fsp3) is 0.933. The Kier molecular flexibility index (Phi) is 5.41. The molecule has 1 atom stereocenters. The Bertz CT molecular complexity index is 327. The van der Waals surface area contributed by atoms with Crippen LogP contribution in [0.3, 0.4) is 0 Å². The van der Waals surface area contributed by atoms with Crippen molar-refractivity contribution in [1.82, 2.24) is 9.80 Å². The predicted octanol–water partition coefficient (Wildman–Crippen LogP) is 1.28. The summed E-state index contributed by atoms with van der Waals surface area (Å²) < 4.78 is 5.84. The molecule has 0 bridgehead atoms. The zero-order valence-electron chi connectivity index (χ0n) is 12.8.